The van der Waals surface area contributed by atoms with Gasteiger partial charge in [0.2, 0.25) is 0 Å². The zero-order chi connectivity index (χ0) is 9.68. The van der Waals surface area contributed by atoms with Crippen LogP contribution in [0.3, 0.4) is 0 Å². The molecule has 0 spiro atoms. The van der Waals surface area contributed by atoms with Crippen LogP contribution in [0.25, 0.3) is 0 Å². The SMILES string of the molecule is C=CCOc1cc(CCl)ccc1C. The van der Waals surface area contributed by atoms with E-state index < -0.39 is 0 Å². The van der Waals surface area contributed by atoms with Gasteiger partial charge in [0.25, 0.3) is 0 Å². The first-order chi connectivity index (χ1) is 6.27. The lowest BCUT2D eigenvalue weighted by atomic mass is 10.1. The minimum Gasteiger partial charge on any atom is -0.489 e. The van der Waals surface area contributed by atoms with E-state index in [1.807, 2.05) is 25.1 Å². The molecule has 70 valence electrons. The van der Waals surface area contributed by atoms with Crippen molar-refractivity contribution in [2.75, 3.05) is 6.61 Å². The maximum Gasteiger partial charge on any atom is 0.122 e. The summed E-state index contributed by atoms with van der Waals surface area (Å²) in [7, 11) is 0. The summed E-state index contributed by atoms with van der Waals surface area (Å²) in [4.78, 5) is 0. The van der Waals surface area contributed by atoms with E-state index in [0.29, 0.717) is 12.5 Å². The van der Waals surface area contributed by atoms with Crippen LogP contribution in [0.5, 0.6) is 5.75 Å². The average molecular weight is 197 g/mol. The van der Waals surface area contributed by atoms with Gasteiger partial charge in [-0.15, -0.1) is 11.6 Å². The number of hydrogen-bond donors (Lipinski definition) is 0. The molecule has 0 aliphatic rings. The van der Waals surface area contributed by atoms with E-state index in [4.69, 9.17) is 16.3 Å². The molecular weight excluding hydrogens is 184 g/mol. The highest BCUT2D eigenvalue weighted by molar-refractivity contribution is 6.17. The Morgan fingerprint density at radius 2 is 2.31 bits per heavy atom. The Morgan fingerprint density at radius 3 is 2.92 bits per heavy atom. The molecule has 0 radical (unpaired) electrons. The Hall–Kier alpha value is -0.950. The highest BCUT2D eigenvalue weighted by Gasteiger charge is 1.99. The average Bonchev–Trinajstić information content (AvgIpc) is 2.17. The molecule has 0 aliphatic carbocycles. The Bertz CT molecular complexity index is 294. The van der Waals surface area contributed by atoms with Gasteiger partial charge >= 0.3 is 0 Å². The summed E-state index contributed by atoms with van der Waals surface area (Å²) < 4.78 is 5.45. The summed E-state index contributed by atoms with van der Waals surface area (Å²) >= 11 is 5.71. The van der Waals surface area contributed by atoms with Gasteiger partial charge in [0, 0.05) is 5.88 Å². The third-order valence-corrected chi connectivity index (χ3v) is 2.07. The summed E-state index contributed by atoms with van der Waals surface area (Å²) in [5.74, 6) is 1.41. The standard InChI is InChI=1S/C11H13ClO/c1-3-6-13-11-7-10(8-12)5-4-9(11)2/h3-5,7H,1,6,8H2,2H3. The van der Waals surface area contributed by atoms with Crippen molar-refractivity contribution in [2.45, 2.75) is 12.8 Å². The number of halogens is 1. The zero-order valence-electron chi connectivity index (χ0n) is 7.72. The highest BCUT2D eigenvalue weighted by Crippen LogP contribution is 2.20. The predicted octanol–water partition coefficient (Wildman–Crippen LogP) is 3.30. The van der Waals surface area contributed by atoms with Crippen LogP contribution in [0.1, 0.15) is 11.1 Å². The molecule has 0 unspecified atom stereocenters. The Kier molecular flexibility index (Phi) is 3.84. The first-order valence-corrected chi connectivity index (χ1v) is 4.70. The molecule has 0 fully saturated rings. The van der Waals surface area contributed by atoms with Gasteiger partial charge in [-0.05, 0) is 24.1 Å². The van der Waals surface area contributed by atoms with E-state index in [-0.39, 0.29) is 0 Å². The van der Waals surface area contributed by atoms with E-state index in [0.717, 1.165) is 16.9 Å². The summed E-state index contributed by atoms with van der Waals surface area (Å²) in [5, 5.41) is 0. The number of ether oxygens (including phenoxy) is 1. The normalized spacial score (nSPS) is 9.69. The minimum atomic E-state index is 0.519. The van der Waals surface area contributed by atoms with Gasteiger partial charge in [0.15, 0.2) is 0 Å². The van der Waals surface area contributed by atoms with Gasteiger partial charge in [0.05, 0.1) is 0 Å². The van der Waals surface area contributed by atoms with Crippen molar-refractivity contribution in [1.29, 1.82) is 0 Å². The first-order valence-electron chi connectivity index (χ1n) is 4.17. The molecule has 1 aromatic carbocycles. The quantitative estimate of drug-likeness (QED) is 0.531. The second-order valence-corrected chi connectivity index (χ2v) is 3.10. The molecule has 1 aromatic rings. The summed E-state index contributed by atoms with van der Waals surface area (Å²) in [6, 6.07) is 5.98. The largest absolute Gasteiger partial charge is 0.489 e. The molecule has 0 amide bonds. The van der Waals surface area contributed by atoms with Crippen molar-refractivity contribution >= 4 is 11.6 Å². The molecule has 0 saturated heterocycles. The highest BCUT2D eigenvalue weighted by atomic mass is 35.5. The van der Waals surface area contributed by atoms with Crippen molar-refractivity contribution < 1.29 is 4.74 Å². The molecule has 0 N–H and O–H groups in total. The molecule has 13 heavy (non-hydrogen) atoms. The Balaban J connectivity index is 2.83. The number of alkyl halides is 1. The van der Waals surface area contributed by atoms with Crippen LogP contribution in [0.4, 0.5) is 0 Å². The molecule has 0 atom stereocenters. The van der Waals surface area contributed by atoms with E-state index in [1.165, 1.54) is 0 Å². The summed E-state index contributed by atoms with van der Waals surface area (Å²) in [6.45, 7) is 6.14. The number of hydrogen-bond acceptors (Lipinski definition) is 1. The van der Waals surface area contributed by atoms with E-state index in [1.54, 1.807) is 6.08 Å². The molecule has 0 aliphatic heterocycles. The topological polar surface area (TPSA) is 9.23 Å². The lowest BCUT2D eigenvalue weighted by Crippen LogP contribution is -1.95. The molecule has 0 bridgehead atoms. The van der Waals surface area contributed by atoms with Gasteiger partial charge in [-0.2, -0.15) is 0 Å². The third kappa shape index (κ3) is 2.78. The van der Waals surface area contributed by atoms with Gasteiger partial charge in [-0.3, -0.25) is 0 Å². The van der Waals surface area contributed by atoms with E-state index in [9.17, 15) is 0 Å². The number of benzene rings is 1. The van der Waals surface area contributed by atoms with Crippen molar-refractivity contribution in [1.82, 2.24) is 0 Å². The zero-order valence-corrected chi connectivity index (χ0v) is 8.47. The van der Waals surface area contributed by atoms with Gasteiger partial charge in [0.1, 0.15) is 12.4 Å². The fraction of sp³-hybridized carbons (Fsp3) is 0.273. The van der Waals surface area contributed by atoms with Crippen molar-refractivity contribution in [2.24, 2.45) is 0 Å². The lowest BCUT2D eigenvalue weighted by molar-refractivity contribution is 0.360. The second-order valence-electron chi connectivity index (χ2n) is 2.83. The third-order valence-electron chi connectivity index (χ3n) is 1.76. The van der Waals surface area contributed by atoms with Crippen LogP contribution < -0.4 is 4.74 Å². The van der Waals surface area contributed by atoms with Crippen molar-refractivity contribution in [3.05, 3.63) is 42.0 Å². The van der Waals surface area contributed by atoms with Crippen LogP contribution in [-0.4, -0.2) is 6.61 Å². The van der Waals surface area contributed by atoms with Gasteiger partial charge in [-0.1, -0.05) is 24.8 Å². The Morgan fingerprint density at radius 1 is 1.54 bits per heavy atom. The van der Waals surface area contributed by atoms with Gasteiger partial charge < -0.3 is 4.74 Å². The van der Waals surface area contributed by atoms with E-state index in [2.05, 4.69) is 6.58 Å². The lowest BCUT2D eigenvalue weighted by Gasteiger charge is -2.07. The first kappa shape index (κ1) is 10.1. The van der Waals surface area contributed by atoms with Crippen LogP contribution in [-0.2, 0) is 5.88 Å². The second kappa shape index (κ2) is 4.93. The van der Waals surface area contributed by atoms with Gasteiger partial charge in [-0.25, -0.2) is 0 Å². The maximum atomic E-state index is 5.71. The van der Waals surface area contributed by atoms with Crippen LogP contribution >= 0.6 is 11.6 Å². The molecule has 0 aromatic heterocycles. The maximum absolute atomic E-state index is 5.71. The minimum absolute atomic E-state index is 0.519. The fourth-order valence-corrected chi connectivity index (χ4v) is 1.20. The summed E-state index contributed by atoms with van der Waals surface area (Å²) in [5.41, 5.74) is 2.20. The molecule has 2 heteroatoms. The van der Waals surface area contributed by atoms with Crippen LogP contribution in [0.2, 0.25) is 0 Å². The molecule has 1 nitrogen and oxygen atoms in total. The summed E-state index contributed by atoms with van der Waals surface area (Å²) in [6.07, 6.45) is 1.73. The molecule has 1 rings (SSSR count). The molecule has 0 heterocycles. The number of aryl methyl sites for hydroxylation is 1. The predicted molar refractivity (Wildman–Crippen MR) is 56.4 cm³/mol. The number of rotatable bonds is 4. The van der Waals surface area contributed by atoms with Crippen molar-refractivity contribution in [3.8, 4) is 5.75 Å². The molecular formula is C11H13ClO. The fourth-order valence-electron chi connectivity index (χ4n) is 1.03. The molecule has 0 saturated carbocycles. The van der Waals surface area contributed by atoms with Crippen molar-refractivity contribution in [3.63, 3.8) is 0 Å². The monoisotopic (exact) mass is 196 g/mol. The van der Waals surface area contributed by atoms with Crippen LogP contribution in [0, 0.1) is 6.92 Å². The smallest absolute Gasteiger partial charge is 0.122 e. The van der Waals surface area contributed by atoms with Crippen LogP contribution in [0.15, 0.2) is 30.9 Å². The Labute approximate surface area is 84.0 Å². The van der Waals surface area contributed by atoms with E-state index >= 15 is 0 Å².